The number of rotatable bonds is 5. The van der Waals surface area contributed by atoms with Crippen molar-refractivity contribution in [2.24, 2.45) is 0 Å². The van der Waals surface area contributed by atoms with Crippen LogP contribution in [0.5, 0.6) is 11.5 Å². The van der Waals surface area contributed by atoms with Crippen LogP contribution in [0.25, 0.3) is 0 Å². The van der Waals surface area contributed by atoms with Crippen molar-refractivity contribution in [2.75, 3.05) is 0 Å². The summed E-state index contributed by atoms with van der Waals surface area (Å²) in [4.78, 5) is 0. The smallest absolute Gasteiger partial charge is 0.144 e. The predicted octanol–water partition coefficient (Wildman–Crippen LogP) is 5.53. The van der Waals surface area contributed by atoms with E-state index in [2.05, 4.69) is 35.1 Å². The van der Waals surface area contributed by atoms with Gasteiger partial charge in [0.15, 0.2) is 0 Å². The third-order valence-electron chi connectivity index (χ3n) is 2.84. The average molecular weight is 373 g/mol. The van der Waals surface area contributed by atoms with E-state index < -0.39 is 0 Å². The van der Waals surface area contributed by atoms with Crippen molar-refractivity contribution in [2.45, 2.75) is 26.4 Å². The molecule has 0 saturated carbocycles. The van der Waals surface area contributed by atoms with Crippen LogP contribution in [0.15, 0.2) is 40.9 Å². The molecule has 0 saturated heterocycles. The Hall–Kier alpha value is -1.10. The van der Waals surface area contributed by atoms with E-state index in [4.69, 9.17) is 16.3 Å². The summed E-state index contributed by atoms with van der Waals surface area (Å²) in [6, 6.07) is 10.1. The largest absolute Gasteiger partial charge is 0.456 e. The summed E-state index contributed by atoms with van der Waals surface area (Å²) in [7, 11) is 0. The van der Waals surface area contributed by atoms with Gasteiger partial charge in [0.05, 0.1) is 4.47 Å². The predicted molar refractivity (Wildman–Crippen MR) is 87.6 cm³/mol. The Bertz CT molecular complexity index is 634. The standard InChI is InChI=1S/C16H16BrClFNO/c1-10(2)20-9-11-7-12(18)3-6-15(11)21-16-8-13(19)4-5-14(16)17/h3-8,10,20H,9H2,1-2H3. The lowest BCUT2D eigenvalue weighted by atomic mass is 10.2. The van der Waals surface area contributed by atoms with Crippen LogP contribution in [0, 0.1) is 5.82 Å². The van der Waals surface area contributed by atoms with Crippen LogP contribution in [-0.4, -0.2) is 6.04 Å². The molecule has 0 amide bonds. The zero-order valence-corrected chi connectivity index (χ0v) is 14.1. The first kappa shape index (κ1) is 16.3. The van der Waals surface area contributed by atoms with Crippen LogP contribution >= 0.6 is 27.5 Å². The van der Waals surface area contributed by atoms with Gasteiger partial charge in [0, 0.05) is 29.2 Å². The fourth-order valence-corrected chi connectivity index (χ4v) is 2.30. The summed E-state index contributed by atoms with van der Waals surface area (Å²) < 4.78 is 19.9. The van der Waals surface area contributed by atoms with E-state index in [9.17, 15) is 4.39 Å². The molecule has 0 aliphatic heterocycles. The highest BCUT2D eigenvalue weighted by Crippen LogP contribution is 2.33. The first-order valence-electron chi connectivity index (χ1n) is 6.60. The first-order chi connectivity index (χ1) is 9.95. The molecule has 2 aromatic rings. The van der Waals surface area contributed by atoms with Crippen LogP contribution < -0.4 is 10.1 Å². The number of hydrogen-bond acceptors (Lipinski definition) is 2. The number of hydrogen-bond donors (Lipinski definition) is 1. The molecule has 2 rings (SSSR count). The summed E-state index contributed by atoms with van der Waals surface area (Å²) in [6.45, 7) is 4.75. The molecular weight excluding hydrogens is 357 g/mol. The maximum Gasteiger partial charge on any atom is 0.144 e. The lowest BCUT2D eigenvalue weighted by Crippen LogP contribution is -2.22. The molecule has 0 heterocycles. The van der Waals surface area contributed by atoms with E-state index in [-0.39, 0.29) is 5.82 Å². The van der Waals surface area contributed by atoms with E-state index in [1.807, 2.05) is 6.07 Å². The molecule has 2 nitrogen and oxygen atoms in total. The third kappa shape index (κ3) is 4.70. The van der Waals surface area contributed by atoms with Gasteiger partial charge in [-0.3, -0.25) is 0 Å². The SMILES string of the molecule is CC(C)NCc1cc(Cl)ccc1Oc1cc(F)ccc1Br. The van der Waals surface area contributed by atoms with Gasteiger partial charge in [0.1, 0.15) is 17.3 Å². The van der Waals surface area contributed by atoms with Crippen molar-refractivity contribution < 1.29 is 9.13 Å². The number of nitrogens with one attached hydrogen (secondary N) is 1. The molecule has 0 bridgehead atoms. The van der Waals surface area contributed by atoms with Crippen LogP contribution in [0.1, 0.15) is 19.4 Å². The van der Waals surface area contributed by atoms with E-state index in [1.165, 1.54) is 12.1 Å². The Kier molecular flexibility index (Phi) is 5.62. The third-order valence-corrected chi connectivity index (χ3v) is 3.73. The minimum atomic E-state index is -0.344. The lowest BCUT2D eigenvalue weighted by molar-refractivity contribution is 0.462. The summed E-state index contributed by atoms with van der Waals surface area (Å²) >= 11 is 9.39. The van der Waals surface area contributed by atoms with E-state index in [1.54, 1.807) is 18.2 Å². The minimum Gasteiger partial charge on any atom is -0.456 e. The number of benzene rings is 2. The van der Waals surface area contributed by atoms with Crippen molar-refractivity contribution >= 4 is 27.5 Å². The molecule has 0 spiro atoms. The molecule has 5 heteroatoms. The normalized spacial score (nSPS) is 11.0. The van der Waals surface area contributed by atoms with Crippen molar-refractivity contribution in [3.63, 3.8) is 0 Å². The molecule has 0 aromatic heterocycles. The maximum atomic E-state index is 13.3. The van der Waals surface area contributed by atoms with Gasteiger partial charge >= 0.3 is 0 Å². The van der Waals surface area contributed by atoms with Crippen molar-refractivity contribution in [1.29, 1.82) is 0 Å². The Morgan fingerprint density at radius 3 is 2.67 bits per heavy atom. The second-order valence-corrected chi connectivity index (χ2v) is 6.26. The molecule has 0 unspecified atom stereocenters. The van der Waals surface area contributed by atoms with Crippen LogP contribution in [-0.2, 0) is 6.54 Å². The summed E-state index contributed by atoms with van der Waals surface area (Å²) in [5, 5.41) is 3.96. The van der Waals surface area contributed by atoms with E-state index in [0.717, 1.165) is 5.56 Å². The molecule has 0 fully saturated rings. The van der Waals surface area contributed by atoms with Crippen LogP contribution in [0.4, 0.5) is 4.39 Å². The van der Waals surface area contributed by atoms with E-state index >= 15 is 0 Å². The molecule has 2 aromatic carbocycles. The quantitative estimate of drug-likeness (QED) is 0.745. The number of halogens is 3. The Morgan fingerprint density at radius 2 is 1.95 bits per heavy atom. The van der Waals surface area contributed by atoms with Gasteiger partial charge in [0.2, 0.25) is 0 Å². The fourth-order valence-electron chi connectivity index (χ4n) is 1.77. The summed E-state index contributed by atoms with van der Waals surface area (Å²) in [5.41, 5.74) is 0.923. The Morgan fingerprint density at radius 1 is 1.19 bits per heavy atom. The van der Waals surface area contributed by atoms with Crippen molar-refractivity contribution in [3.05, 3.63) is 57.3 Å². The molecule has 1 N–H and O–H groups in total. The molecular formula is C16H16BrClFNO. The fraction of sp³-hybridized carbons (Fsp3) is 0.250. The second-order valence-electron chi connectivity index (χ2n) is 4.96. The zero-order chi connectivity index (χ0) is 15.4. The topological polar surface area (TPSA) is 21.3 Å². The van der Waals surface area contributed by atoms with Crippen LogP contribution in [0.3, 0.4) is 0 Å². The maximum absolute atomic E-state index is 13.3. The minimum absolute atomic E-state index is 0.344. The Balaban J connectivity index is 2.28. The van der Waals surface area contributed by atoms with Gasteiger partial charge in [-0.25, -0.2) is 4.39 Å². The monoisotopic (exact) mass is 371 g/mol. The molecule has 21 heavy (non-hydrogen) atoms. The molecule has 0 aliphatic rings. The second kappa shape index (κ2) is 7.25. The van der Waals surface area contributed by atoms with Gasteiger partial charge < -0.3 is 10.1 Å². The van der Waals surface area contributed by atoms with Gasteiger partial charge in [-0.05, 0) is 46.3 Å². The Labute approximate surface area is 137 Å². The van der Waals surface area contributed by atoms with Gasteiger partial charge in [-0.2, -0.15) is 0 Å². The highest BCUT2D eigenvalue weighted by Gasteiger charge is 2.10. The lowest BCUT2D eigenvalue weighted by Gasteiger charge is -2.15. The highest BCUT2D eigenvalue weighted by molar-refractivity contribution is 9.10. The zero-order valence-electron chi connectivity index (χ0n) is 11.8. The van der Waals surface area contributed by atoms with Gasteiger partial charge in [-0.15, -0.1) is 0 Å². The van der Waals surface area contributed by atoms with Crippen molar-refractivity contribution in [1.82, 2.24) is 5.32 Å². The first-order valence-corrected chi connectivity index (χ1v) is 7.77. The molecule has 0 atom stereocenters. The molecule has 112 valence electrons. The summed E-state index contributed by atoms with van der Waals surface area (Å²) in [6.07, 6.45) is 0. The van der Waals surface area contributed by atoms with Crippen LogP contribution in [0.2, 0.25) is 5.02 Å². The average Bonchev–Trinajstić information content (AvgIpc) is 2.43. The van der Waals surface area contributed by atoms with E-state index in [0.29, 0.717) is 33.6 Å². The highest BCUT2D eigenvalue weighted by atomic mass is 79.9. The summed E-state index contributed by atoms with van der Waals surface area (Å²) in [5.74, 6) is 0.742. The molecule has 0 radical (unpaired) electrons. The van der Waals surface area contributed by atoms with Crippen molar-refractivity contribution in [3.8, 4) is 11.5 Å². The number of ether oxygens (including phenoxy) is 1. The molecule has 0 aliphatic carbocycles. The van der Waals surface area contributed by atoms with Gasteiger partial charge in [0.25, 0.3) is 0 Å². The van der Waals surface area contributed by atoms with Gasteiger partial charge in [-0.1, -0.05) is 25.4 Å².